The first-order valence-electron chi connectivity index (χ1n) is 8.92. The maximum atomic E-state index is 12.0. The fourth-order valence-electron chi connectivity index (χ4n) is 4.21. The quantitative estimate of drug-likeness (QED) is 0.262. The molecule has 11 heteroatoms. The fourth-order valence-corrected chi connectivity index (χ4v) is 4.21. The van der Waals surface area contributed by atoms with Gasteiger partial charge in [-0.2, -0.15) is 0 Å². The van der Waals surface area contributed by atoms with E-state index in [0.717, 1.165) is 6.26 Å². The van der Waals surface area contributed by atoms with Crippen LogP contribution in [-0.4, -0.2) is 99.0 Å². The van der Waals surface area contributed by atoms with Gasteiger partial charge in [0, 0.05) is 12.3 Å². The van der Waals surface area contributed by atoms with Crippen molar-refractivity contribution >= 4 is 5.97 Å². The van der Waals surface area contributed by atoms with Gasteiger partial charge in [-0.15, -0.1) is 0 Å². The van der Waals surface area contributed by atoms with Crippen LogP contribution in [0.15, 0.2) is 11.8 Å². The Bertz CT molecular complexity index is 618. The molecule has 10 atom stereocenters. The van der Waals surface area contributed by atoms with E-state index in [9.17, 15) is 35.4 Å². The highest BCUT2D eigenvalue weighted by atomic mass is 16.8. The van der Waals surface area contributed by atoms with Crippen molar-refractivity contribution in [3.63, 3.8) is 0 Å². The lowest BCUT2D eigenvalue weighted by molar-refractivity contribution is -0.346. The van der Waals surface area contributed by atoms with Crippen LogP contribution in [0.3, 0.4) is 0 Å². The molecule has 2 unspecified atom stereocenters. The van der Waals surface area contributed by atoms with E-state index in [2.05, 4.69) is 0 Å². The Hall–Kier alpha value is -1.31. The second-order valence-corrected chi connectivity index (χ2v) is 7.58. The van der Waals surface area contributed by atoms with Crippen molar-refractivity contribution in [1.29, 1.82) is 0 Å². The average Bonchev–Trinajstić information content (AvgIpc) is 2.91. The Morgan fingerprint density at radius 2 is 1.89 bits per heavy atom. The Morgan fingerprint density at radius 1 is 1.21 bits per heavy atom. The van der Waals surface area contributed by atoms with Crippen LogP contribution >= 0.6 is 0 Å². The first-order chi connectivity index (χ1) is 13.1. The van der Waals surface area contributed by atoms with Crippen LogP contribution in [0.5, 0.6) is 0 Å². The second-order valence-electron chi connectivity index (χ2n) is 7.58. The highest BCUT2D eigenvalue weighted by Gasteiger charge is 2.59. The molecule has 28 heavy (non-hydrogen) atoms. The van der Waals surface area contributed by atoms with E-state index < -0.39 is 73.1 Å². The number of carbonyl (C=O) groups excluding carboxylic acids is 1. The standard InChI is InChI=1S/C17H26O11/c1-17(24)3-7(19)9-6(14(23)25-2)5-26-15(10(9)17)28-16-13(22)12(21)11(20)8(4-18)27-16/h5,7-13,15-16,18-22,24H,3-4H2,1-2H3/t7-,8+,9?,10?,11+,12-,13+,15+,16-,17+/m1/s1. The summed E-state index contributed by atoms with van der Waals surface area (Å²) in [5.41, 5.74) is -1.46. The lowest BCUT2D eigenvalue weighted by Gasteiger charge is -2.44. The van der Waals surface area contributed by atoms with Crippen LogP contribution in [-0.2, 0) is 23.7 Å². The largest absolute Gasteiger partial charge is 0.471 e. The van der Waals surface area contributed by atoms with Crippen molar-refractivity contribution in [2.45, 2.75) is 62.0 Å². The molecule has 0 aromatic carbocycles. The van der Waals surface area contributed by atoms with Gasteiger partial charge in [0.15, 0.2) is 6.29 Å². The van der Waals surface area contributed by atoms with Gasteiger partial charge in [0.25, 0.3) is 0 Å². The first-order valence-corrected chi connectivity index (χ1v) is 8.92. The number of esters is 1. The van der Waals surface area contributed by atoms with Crippen LogP contribution in [0.2, 0.25) is 0 Å². The molecule has 11 nitrogen and oxygen atoms in total. The summed E-state index contributed by atoms with van der Waals surface area (Å²) in [5.74, 6) is -2.50. The third-order valence-electron chi connectivity index (χ3n) is 5.66. The molecule has 6 N–H and O–H groups in total. The normalized spacial score (nSPS) is 48.4. The Morgan fingerprint density at radius 3 is 2.50 bits per heavy atom. The summed E-state index contributed by atoms with van der Waals surface area (Å²) < 4.78 is 21.1. The van der Waals surface area contributed by atoms with Gasteiger partial charge >= 0.3 is 5.97 Å². The molecule has 1 aliphatic carbocycles. The number of hydrogen-bond donors (Lipinski definition) is 6. The number of fused-ring (bicyclic) bond motifs is 1. The molecule has 0 aromatic rings. The topological polar surface area (TPSA) is 175 Å². The SMILES string of the molecule is COC(=O)C1=CO[C@@H](O[C@H]2O[C@@H](CO)[C@H](O)[C@@H](O)[C@@H]2O)C2C1[C@H](O)C[C@]2(C)O. The second kappa shape index (κ2) is 7.84. The number of carbonyl (C=O) groups is 1. The van der Waals surface area contributed by atoms with Gasteiger partial charge in [0.1, 0.15) is 24.4 Å². The molecular formula is C17H26O11. The molecule has 2 heterocycles. The van der Waals surface area contributed by atoms with E-state index in [0.29, 0.717) is 0 Å². The third kappa shape index (κ3) is 3.53. The predicted molar refractivity (Wildman–Crippen MR) is 88.1 cm³/mol. The van der Waals surface area contributed by atoms with E-state index in [-0.39, 0.29) is 12.0 Å². The van der Waals surface area contributed by atoms with Gasteiger partial charge in [-0.25, -0.2) is 4.79 Å². The minimum Gasteiger partial charge on any atom is -0.471 e. The summed E-state index contributed by atoms with van der Waals surface area (Å²) in [5, 5.41) is 60.4. The zero-order valence-electron chi connectivity index (χ0n) is 15.4. The monoisotopic (exact) mass is 406 g/mol. The Kier molecular flexibility index (Phi) is 5.99. The smallest absolute Gasteiger partial charge is 0.337 e. The average molecular weight is 406 g/mol. The molecule has 0 bridgehead atoms. The highest BCUT2D eigenvalue weighted by molar-refractivity contribution is 5.89. The van der Waals surface area contributed by atoms with E-state index >= 15 is 0 Å². The summed E-state index contributed by atoms with van der Waals surface area (Å²) in [6.45, 7) is 0.819. The molecule has 0 amide bonds. The van der Waals surface area contributed by atoms with E-state index in [1.165, 1.54) is 14.0 Å². The van der Waals surface area contributed by atoms with Crippen LogP contribution in [0, 0.1) is 11.8 Å². The molecule has 0 spiro atoms. The maximum Gasteiger partial charge on any atom is 0.337 e. The first kappa shape index (κ1) is 21.4. The Balaban J connectivity index is 1.86. The summed E-state index contributed by atoms with van der Waals surface area (Å²) >= 11 is 0. The maximum absolute atomic E-state index is 12.0. The number of aliphatic hydroxyl groups is 6. The summed E-state index contributed by atoms with van der Waals surface area (Å²) in [4.78, 5) is 12.0. The van der Waals surface area contributed by atoms with Crippen LogP contribution in [0.4, 0.5) is 0 Å². The Labute approximate surface area is 160 Å². The van der Waals surface area contributed by atoms with Gasteiger partial charge < -0.3 is 49.6 Å². The van der Waals surface area contributed by atoms with Gasteiger partial charge in [0.05, 0.1) is 43.2 Å². The summed E-state index contributed by atoms with van der Waals surface area (Å²) in [7, 11) is 1.17. The van der Waals surface area contributed by atoms with Gasteiger partial charge in [-0.3, -0.25) is 0 Å². The number of ether oxygens (including phenoxy) is 4. The molecule has 3 aliphatic rings. The third-order valence-corrected chi connectivity index (χ3v) is 5.66. The number of hydrogen-bond acceptors (Lipinski definition) is 11. The van der Waals surface area contributed by atoms with Crippen molar-refractivity contribution in [1.82, 2.24) is 0 Å². The van der Waals surface area contributed by atoms with Crippen molar-refractivity contribution in [2.75, 3.05) is 13.7 Å². The van der Waals surface area contributed by atoms with E-state index in [1.807, 2.05) is 0 Å². The van der Waals surface area contributed by atoms with Gasteiger partial charge in [-0.05, 0) is 6.92 Å². The van der Waals surface area contributed by atoms with Crippen molar-refractivity contribution < 1.29 is 54.4 Å². The molecule has 3 rings (SSSR count). The molecule has 1 saturated carbocycles. The van der Waals surface area contributed by atoms with Crippen molar-refractivity contribution in [2.24, 2.45) is 11.8 Å². The van der Waals surface area contributed by atoms with E-state index in [4.69, 9.17) is 18.9 Å². The molecule has 0 radical (unpaired) electrons. The lowest BCUT2D eigenvalue weighted by Crippen LogP contribution is -2.60. The van der Waals surface area contributed by atoms with Gasteiger partial charge in [0.2, 0.25) is 6.29 Å². The number of rotatable bonds is 4. The van der Waals surface area contributed by atoms with Crippen LogP contribution < -0.4 is 0 Å². The minimum atomic E-state index is -1.66. The number of methoxy groups -OCH3 is 1. The van der Waals surface area contributed by atoms with Crippen LogP contribution in [0.25, 0.3) is 0 Å². The minimum absolute atomic E-state index is 0.0337. The van der Waals surface area contributed by atoms with Crippen LogP contribution in [0.1, 0.15) is 13.3 Å². The molecule has 160 valence electrons. The molecule has 2 fully saturated rings. The molecule has 0 aromatic heterocycles. The van der Waals surface area contributed by atoms with Crippen molar-refractivity contribution in [3.8, 4) is 0 Å². The summed E-state index contributed by atoms with van der Waals surface area (Å²) in [6.07, 6.45) is -8.88. The fraction of sp³-hybridized carbons (Fsp3) is 0.824. The van der Waals surface area contributed by atoms with E-state index in [1.54, 1.807) is 0 Å². The van der Waals surface area contributed by atoms with Crippen molar-refractivity contribution in [3.05, 3.63) is 11.8 Å². The highest BCUT2D eigenvalue weighted by Crippen LogP contribution is 2.49. The zero-order valence-corrected chi connectivity index (χ0v) is 15.4. The predicted octanol–water partition coefficient (Wildman–Crippen LogP) is -3.04. The molecule has 2 aliphatic heterocycles. The molecular weight excluding hydrogens is 380 g/mol. The lowest BCUT2D eigenvalue weighted by atomic mass is 9.80. The number of aliphatic hydroxyl groups excluding tert-OH is 5. The zero-order chi connectivity index (χ0) is 20.8. The van der Waals surface area contributed by atoms with Gasteiger partial charge in [-0.1, -0.05) is 0 Å². The summed E-state index contributed by atoms with van der Waals surface area (Å²) in [6, 6.07) is 0. The molecule has 1 saturated heterocycles.